The Kier molecular flexibility index (Phi) is 3.45. The monoisotopic (exact) mass is 343 g/mol. The molecule has 0 aromatic rings. The van der Waals surface area contributed by atoms with Crippen LogP contribution in [0.3, 0.4) is 0 Å². The Morgan fingerprint density at radius 3 is 2.24 bits per heavy atom. The number of aliphatic hydroxyl groups is 1. The Morgan fingerprint density at radius 2 is 1.72 bits per heavy atom. The van der Waals surface area contributed by atoms with Crippen LogP contribution in [0.15, 0.2) is 10.2 Å². The number of terminal acetylenes is 1. The first-order chi connectivity index (χ1) is 11.6. The summed E-state index contributed by atoms with van der Waals surface area (Å²) in [5.41, 5.74) is -1.24. The Balaban J connectivity index is 1.41. The topological polar surface area (TPSA) is 74.0 Å². The minimum absolute atomic E-state index is 0.0881. The number of rotatable bonds is 6. The molecule has 2 unspecified atom stereocenters. The summed E-state index contributed by atoms with van der Waals surface area (Å²) in [5.74, 6) is 2.75. The molecule has 4 saturated carbocycles. The minimum Gasteiger partial charge on any atom is -0.390 e. The van der Waals surface area contributed by atoms with Crippen molar-refractivity contribution < 1.29 is 9.90 Å². The molecule has 4 aliphatic carbocycles. The van der Waals surface area contributed by atoms with Gasteiger partial charge >= 0.3 is 0 Å². The number of nitrogens with one attached hydrogen (secondary N) is 1. The van der Waals surface area contributed by atoms with Gasteiger partial charge in [-0.3, -0.25) is 4.79 Å². The molecule has 25 heavy (non-hydrogen) atoms. The van der Waals surface area contributed by atoms with Crippen LogP contribution in [0.5, 0.6) is 0 Å². The van der Waals surface area contributed by atoms with Crippen LogP contribution in [0.25, 0.3) is 0 Å². The van der Waals surface area contributed by atoms with Crippen molar-refractivity contribution in [3.8, 4) is 12.3 Å². The highest BCUT2D eigenvalue weighted by Crippen LogP contribution is 2.70. The quantitative estimate of drug-likeness (QED) is 0.727. The van der Waals surface area contributed by atoms with Gasteiger partial charge in [0.15, 0.2) is 5.66 Å². The van der Waals surface area contributed by atoms with Crippen molar-refractivity contribution in [2.24, 2.45) is 26.5 Å². The summed E-state index contributed by atoms with van der Waals surface area (Å²) in [6.07, 6.45) is 12.7. The summed E-state index contributed by atoms with van der Waals surface area (Å²) in [7, 11) is 0. The lowest BCUT2D eigenvalue weighted by Crippen LogP contribution is -2.66. The zero-order valence-corrected chi connectivity index (χ0v) is 15.4. The lowest BCUT2D eigenvalue weighted by atomic mass is 9.39. The third-order valence-corrected chi connectivity index (χ3v) is 6.91. The van der Waals surface area contributed by atoms with Gasteiger partial charge in [-0.1, -0.05) is 13.8 Å². The van der Waals surface area contributed by atoms with E-state index >= 15 is 0 Å². The lowest BCUT2D eigenvalue weighted by Gasteiger charge is -2.67. The summed E-state index contributed by atoms with van der Waals surface area (Å²) >= 11 is 0. The van der Waals surface area contributed by atoms with Gasteiger partial charge < -0.3 is 10.4 Å². The second kappa shape index (κ2) is 5.07. The fourth-order valence-electron chi connectivity index (χ4n) is 7.11. The first-order valence-corrected chi connectivity index (χ1v) is 9.52. The maximum atomic E-state index is 13.1. The first kappa shape index (κ1) is 17.0. The van der Waals surface area contributed by atoms with Gasteiger partial charge in [-0.2, -0.15) is 10.2 Å². The van der Waals surface area contributed by atoms with E-state index < -0.39 is 11.0 Å². The van der Waals surface area contributed by atoms with Crippen LogP contribution in [0.1, 0.15) is 71.6 Å². The number of nitrogens with zero attached hydrogens (tertiary/aromatic N) is 2. The molecule has 2 N–H and O–H groups in total. The van der Waals surface area contributed by atoms with Crippen LogP contribution in [0, 0.1) is 28.6 Å². The first-order valence-electron chi connectivity index (χ1n) is 9.52. The van der Waals surface area contributed by atoms with E-state index in [-0.39, 0.29) is 22.4 Å². The fourth-order valence-corrected chi connectivity index (χ4v) is 7.11. The molecule has 4 fully saturated rings. The Hall–Kier alpha value is -1.41. The summed E-state index contributed by atoms with van der Waals surface area (Å²) in [6, 6.07) is 0. The molecule has 136 valence electrons. The van der Waals surface area contributed by atoms with Crippen LogP contribution in [-0.2, 0) is 4.79 Å². The number of amides is 1. The fraction of sp³-hybridized carbons (Fsp3) is 0.850. The zero-order chi connectivity index (χ0) is 18.0. The van der Waals surface area contributed by atoms with Gasteiger partial charge in [-0.15, -0.1) is 12.3 Å². The Labute approximate surface area is 150 Å². The average molecular weight is 343 g/mol. The summed E-state index contributed by atoms with van der Waals surface area (Å²) in [5, 5.41) is 22.5. The maximum absolute atomic E-state index is 13.1. The van der Waals surface area contributed by atoms with Gasteiger partial charge in [-0.05, 0) is 49.4 Å². The third-order valence-electron chi connectivity index (χ3n) is 6.91. The van der Waals surface area contributed by atoms with E-state index in [0.29, 0.717) is 19.4 Å². The van der Waals surface area contributed by atoms with Gasteiger partial charge in [0.1, 0.15) is 0 Å². The van der Waals surface area contributed by atoms with Crippen LogP contribution in [0.4, 0.5) is 0 Å². The van der Waals surface area contributed by atoms with Gasteiger partial charge in [0, 0.05) is 25.8 Å². The highest BCUT2D eigenvalue weighted by atomic mass is 16.3. The van der Waals surface area contributed by atoms with Gasteiger partial charge in [0.05, 0.1) is 11.0 Å². The van der Waals surface area contributed by atoms with Crippen molar-refractivity contribution in [2.75, 3.05) is 6.54 Å². The molecule has 2 atom stereocenters. The van der Waals surface area contributed by atoms with E-state index in [0.717, 1.165) is 44.9 Å². The van der Waals surface area contributed by atoms with Crippen molar-refractivity contribution in [2.45, 2.75) is 82.9 Å². The van der Waals surface area contributed by atoms with E-state index in [9.17, 15) is 9.90 Å². The molecule has 5 nitrogen and oxygen atoms in total. The second-order valence-electron chi connectivity index (χ2n) is 10.1. The molecule has 5 heteroatoms. The van der Waals surface area contributed by atoms with Crippen molar-refractivity contribution in [1.82, 2.24) is 5.32 Å². The molecule has 0 aromatic carbocycles. The summed E-state index contributed by atoms with van der Waals surface area (Å²) < 4.78 is 0. The molecule has 1 heterocycles. The maximum Gasteiger partial charge on any atom is 0.226 e. The third kappa shape index (κ3) is 2.89. The highest BCUT2D eigenvalue weighted by molar-refractivity contribution is 5.83. The van der Waals surface area contributed by atoms with Gasteiger partial charge in [0.25, 0.3) is 0 Å². The van der Waals surface area contributed by atoms with E-state index in [2.05, 4.69) is 35.3 Å². The van der Waals surface area contributed by atoms with Gasteiger partial charge in [-0.25, -0.2) is 0 Å². The minimum atomic E-state index is -0.662. The van der Waals surface area contributed by atoms with Crippen LogP contribution < -0.4 is 5.32 Å². The van der Waals surface area contributed by atoms with Crippen LogP contribution in [0.2, 0.25) is 0 Å². The largest absolute Gasteiger partial charge is 0.390 e. The van der Waals surface area contributed by atoms with Crippen molar-refractivity contribution in [1.29, 1.82) is 0 Å². The standard InChI is InChI=1S/C20H29N3O2/c1-4-5-6-20(22-23-20)7-8-21-15(24)18-10-16(2)9-17(3,11-18)13-19(25,12-16)14-18/h1,25H,5-14H2,2-3H3,(H,21,24). The van der Waals surface area contributed by atoms with Crippen molar-refractivity contribution in [3.05, 3.63) is 0 Å². The molecule has 0 spiro atoms. The van der Waals surface area contributed by atoms with Crippen molar-refractivity contribution >= 4 is 5.91 Å². The molecule has 0 saturated heterocycles. The predicted molar refractivity (Wildman–Crippen MR) is 94.6 cm³/mol. The Bertz CT molecular complexity index is 617. The van der Waals surface area contributed by atoms with Gasteiger partial charge in [0.2, 0.25) is 5.91 Å². The summed E-state index contributed by atoms with van der Waals surface area (Å²) in [6.45, 7) is 5.09. The lowest BCUT2D eigenvalue weighted by molar-refractivity contribution is -0.223. The van der Waals surface area contributed by atoms with E-state index in [1.54, 1.807) is 0 Å². The average Bonchev–Trinajstić information content (AvgIpc) is 3.20. The van der Waals surface area contributed by atoms with Crippen molar-refractivity contribution in [3.63, 3.8) is 0 Å². The number of hydrogen-bond acceptors (Lipinski definition) is 4. The predicted octanol–water partition coefficient (Wildman–Crippen LogP) is 3.18. The molecule has 5 aliphatic rings. The van der Waals surface area contributed by atoms with Crippen LogP contribution in [-0.4, -0.2) is 28.8 Å². The number of carbonyl (C=O) groups is 1. The molecular weight excluding hydrogens is 314 g/mol. The van der Waals surface area contributed by atoms with E-state index in [1.807, 2.05) is 0 Å². The number of hydrogen-bond donors (Lipinski definition) is 2. The highest BCUT2D eigenvalue weighted by Gasteiger charge is 2.67. The molecule has 1 amide bonds. The van der Waals surface area contributed by atoms with E-state index in [4.69, 9.17) is 6.42 Å². The molecule has 1 aliphatic heterocycles. The normalized spacial score (nSPS) is 45.2. The SMILES string of the molecule is C#CCCC1(CCNC(=O)C23CC4(C)CC(C)(CC(O)(C4)C2)C3)N=N1. The zero-order valence-electron chi connectivity index (χ0n) is 15.4. The molecule has 4 bridgehead atoms. The molecule has 0 aromatic heterocycles. The Morgan fingerprint density at radius 1 is 1.08 bits per heavy atom. The molecule has 5 rings (SSSR count). The molecular formula is C20H29N3O2. The molecule has 0 radical (unpaired) electrons. The number of carbonyl (C=O) groups excluding carboxylic acids is 1. The second-order valence-corrected chi connectivity index (χ2v) is 10.1. The summed E-state index contributed by atoms with van der Waals surface area (Å²) in [4.78, 5) is 13.1. The van der Waals surface area contributed by atoms with E-state index in [1.165, 1.54) is 0 Å². The van der Waals surface area contributed by atoms with Crippen LogP contribution >= 0.6 is 0 Å². The smallest absolute Gasteiger partial charge is 0.226 e.